The number of aromatic amines is 2. The molecule has 0 saturated heterocycles. The number of aromatic nitrogens is 4. The molecule has 2 N–H and O–H groups in total. The number of nitrogens with zero attached hydrogens (tertiary/aromatic N) is 2. The average molecular weight is 393 g/mol. The Balaban J connectivity index is 1.76. The summed E-state index contributed by atoms with van der Waals surface area (Å²) in [5.41, 5.74) is 8.65. The summed E-state index contributed by atoms with van der Waals surface area (Å²) < 4.78 is 0. The molecule has 0 fully saturated rings. The van der Waals surface area contributed by atoms with Crippen molar-refractivity contribution in [2.24, 2.45) is 0 Å². The first kappa shape index (κ1) is 18.4. The van der Waals surface area contributed by atoms with Crippen molar-refractivity contribution in [3.05, 3.63) is 89.9 Å². The van der Waals surface area contributed by atoms with Gasteiger partial charge >= 0.3 is 0 Å². The van der Waals surface area contributed by atoms with Crippen LogP contribution in [0.5, 0.6) is 0 Å². The van der Waals surface area contributed by atoms with Gasteiger partial charge in [-0.2, -0.15) is 0 Å². The minimum Gasteiger partial charge on any atom is -0.358 e. The van der Waals surface area contributed by atoms with Crippen LogP contribution in [-0.4, -0.2) is 19.9 Å². The highest BCUT2D eigenvalue weighted by Gasteiger charge is 2.21. The SMILES string of the molecule is CC1=C(c2nc(-c3c(C)[nH]c4ccccc34)[nH]c2-c2ccccn2)C=CC=CCC1. The fourth-order valence-corrected chi connectivity index (χ4v) is 4.15. The highest BCUT2D eigenvalue weighted by molar-refractivity contribution is 5.97. The second-order valence-electron chi connectivity index (χ2n) is 7.71. The zero-order valence-electron chi connectivity index (χ0n) is 17.2. The van der Waals surface area contributed by atoms with Gasteiger partial charge in [-0.05, 0) is 44.9 Å². The molecule has 3 heterocycles. The average Bonchev–Trinajstić information content (AvgIpc) is 3.32. The van der Waals surface area contributed by atoms with E-state index in [1.54, 1.807) is 0 Å². The van der Waals surface area contributed by atoms with Crippen molar-refractivity contribution >= 4 is 16.5 Å². The van der Waals surface area contributed by atoms with E-state index in [1.807, 2.05) is 24.4 Å². The van der Waals surface area contributed by atoms with E-state index in [9.17, 15) is 0 Å². The van der Waals surface area contributed by atoms with Gasteiger partial charge in [0, 0.05) is 33.9 Å². The van der Waals surface area contributed by atoms with E-state index in [-0.39, 0.29) is 0 Å². The molecule has 148 valence electrons. The topological polar surface area (TPSA) is 57.4 Å². The number of nitrogens with one attached hydrogen (secondary N) is 2. The van der Waals surface area contributed by atoms with Crippen LogP contribution < -0.4 is 0 Å². The lowest BCUT2D eigenvalue weighted by molar-refractivity contribution is 0.978. The number of hydrogen-bond acceptors (Lipinski definition) is 2. The summed E-state index contributed by atoms with van der Waals surface area (Å²) in [5.74, 6) is 0.868. The van der Waals surface area contributed by atoms with Gasteiger partial charge in [0.2, 0.25) is 0 Å². The Morgan fingerprint density at radius 2 is 1.80 bits per heavy atom. The van der Waals surface area contributed by atoms with Crippen molar-refractivity contribution in [1.82, 2.24) is 19.9 Å². The van der Waals surface area contributed by atoms with Crippen molar-refractivity contribution in [3.63, 3.8) is 0 Å². The number of pyridine rings is 1. The quantitative estimate of drug-likeness (QED) is 0.412. The van der Waals surface area contributed by atoms with Crippen LogP contribution >= 0.6 is 0 Å². The number of aryl methyl sites for hydroxylation is 1. The maximum atomic E-state index is 5.14. The van der Waals surface area contributed by atoms with Crippen LogP contribution in [-0.2, 0) is 0 Å². The number of fused-ring (bicyclic) bond motifs is 1. The van der Waals surface area contributed by atoms with Crippen molar-refractivity contribution in [3.8, 4) is 22.8 Å². The van der Waals surface area contributed by atoms with Gasteiger partial charge in [-0.15, -0.1) is 0 Å². The summed E-state index contributed by atoms with van der Waals surface area (Å²) in [7, 11) is 0. The number of benzene rings is 1. The van der Waals surface area contributed by atoms with E-state index in [0.29, 0.717) is 0 Å². The summed E-state index contributed by atoms with van der Waals surface area (Å²) in [5, 5.41) is 1.17. The molecule has 0 atom stereocenters. The summed E-state index contributed by atoms with van der Waals surface area (Å²) in [4.78, 5) is 16.8. The zero-order chi connectivity index (χ0) is 20.5. The smallest absolute Gasteiger partial charge is 0.141 e. The Bertz CT molecular complexity index is 1300. The highest BCUT2D eigenvalue weighted by atomic mass is 15.0. The van der Waals surface area contributed by atoms with Crippen molar-refractivity contribution in [1.29, 1.82) is 0 Å². The van der Waals surface area contributed by atoms with Crippen molar-refractivity contribution in [2.75, 3.05) is 0 Å². The van der Waals surface area contributed by atoms with Crippen LogP contribution in [0, 0.1) is 6.92 Å². The van der Waals surface area contributed by atoms with Gasteiger partial charge < -0.3 is 9.97 Å². The molecule has 0 saturated carbocycles. The first-order valence-corrected chi connectivity index (χ1v) is 10.3. The van der Waals surface area contributed by atoms with Gasteiger partial charge in [-0.25, -0.2) is 4.98 Å². The zero-order valence-corrected chi connectivity index (χ0v) is 17.2. The Morgan fingerprint density at radius 3 is 2.67 bits per heavy atom. The van der Waals surface area contributed by atoms with Gasteiger partial charge in [0.25, 0.3) is 0 Å². The molecule has 3 aromatic heterocycles. The standard InChI is InChI=1S/C26H24N4/c1-17-11-5-3-4-6-12-19(17)24-25(22-15-9-10-16-27-22)30-26(29-24)23-18(2)28-21-14-8-7-13-20(21)23/h3-4,6-10,12-16,28H,5,11H2,1-2H3,(H,29,30). The second-order valence-corrected chi connectivity index (χ2v) is 7.71. The van der Waals surface area contributed by atoms with Crippen LogP contribution in [0.25, 0.3) is 39.3 Å². The minimum absolute atomic E-state index is 0.868. The van der Waals surface area contributed by atoms with Crippen LogP contribution in [0.1, 0.15) is 31.2 Å². The molecule has 4 heteroatoms. The number of para-hydroxylation sites is 1. The molecule has 0 aliphatic heterocycles. The summed E-state index contributed by atoms with van der Waals surface area (Å²) in [6.45, 7) is 4.30. The Hall–Kier alpha value is -3.66. The van der Waals surface area contributed by atoms with E-state index < -0.39 is 0 Å². The third-order valence-electron chi connectivity index (χ3n) is 5.67. The Morgan fingerprint density at radius 1 is 0.933 bits per heavy atom. The molecule has 5 rings (SSSR count). The van der Waals surface area contributed by atoms with Gasteiger partial charge in [-0.1, -0.05) is 54.1 Å². The number of allylic oxidation sites excluding steroid dienone is 6. The molecule has 1 aromatic carbocycles. The fourth-order valence-electron chi connectivity index (χ4n) is 4.15. The Labute approximate surface area is 176 Å². The molecule has 0 spiro atoms. The maximum Gasteiger partial charge on any atom is 0.141 e. The molecule has 0 amide bonds. The second kappa shape index (κ2) is 7.64. The Kier molecular flexibility index (Phi) is 4.68. The molecule has 4 nitrogen and oxygen atoms in total. The summed E-state index contributed by atoms with van der Waals surface area (Å²) in [6, 6.07) is 14.4. The third kappa shape index (κ3) is 3.20. The monoisotopic (exact) mass is 392 g/mol. The molecule has 4 aromatic rings. The van der Waals surface area contributed by atoms with Crippen LogP contribution in [0.4, 0.5) is 0 Å². The lowest BCUT2D eigenvalue weighted by Gasteiger charge is -2.09. The van der Waals surface area contributed by atoms with Crippen molar-refractivity contribution < 1.29 is 0 Å². The van der Waals surface area contributed by atoms with Gasteiger partial charge in [0.15, 0.2) is 0 Å². The first-order chi connectivity index (χ1) is 14.7. The lowest BCUT2D eigenvalue weighted by atomic mass is 9.98. The number of H-pyrrole nitrogens is 2. The number of rotatable bonds is 3. The fraction of sp³-hybridized carbons (Fsp3) is 0.154. The van der Waals surface area contributed by atoms with Gasteiger partial charge in [0.1, 0.15) is 5.82 Å². The van der Waals surface area contributed by atoms with Crippen molar-refractivity contribution in [2.45, 2.75) is 26.7 Å². The first-order valence-electron chi connectivity index (χ1n) is 10.3. The lowest BCUT2D eigenvalue weighted by Crippen LogP contribution is -1.93. The largest absolute Gasteiger partial charge is 0.358 e. The van der Waals surface area contributed by atoms with E-state index in [4.69, 9.17) is 4.98 Å². The molecule has 0 radical (unpaired) electrons. The van der Waals surface area contributed by atoms with Crippen LogP contribution in [0.15, 0.2) is 78.5 Å². The summed E-state index contributed by atoms with van der Waals surface area (Å²) >= 11 is 0. The van der Waals surface area contributed by atoms with E-state index in [0.717, 1.165) is 52.5 Å². The maximum absolute atomic E-state index is 5.14. The number of imidazole rings is 1. The van der Waals surface area contributed by atoms with Gasteiger partial charge in [0.05, 0.1) is 17.1 Å². The predicted octanol–water partition coefficient (Wildman–Crippen LogP) is 6.61. The molecular weight excluding hydrogens is 368 g/mol. The minimum atomic E-state index is 0.868. The van der Waals surface area contributed by atoms with Crippen LogP contribution in [0.3, 0.4) is 0 Å². The third-order valence-corrected chi connectivity index (χ3v) is 5.67. The molecule has 1 aliphatic carbocycles. The van der Waals surface area contributed by atoms with Gasteiger partial charge in [-0.3, -0.25) is 4.98 Å². The molecule has 0 bridgehead atoms. The van der Waals surface area contributed by atoms with Crippen LogP contribution in [0.2, 0.25) is 0 Å². The summed E-state index contributed by atoms with van der Waals surface area (Å²) in [6.07, 6.45) is 12.5. The number of hydrogen-bond donors (Lipinski definition) is 2. The molecule has 30 heavy (non-hydrogen) atoms. The molecule has 0 unspecified atom stereocenters. The van der Waals surface area contributed by atoms with E-state index in [2.05, 4.69) is 77.4 Å². The highest BCUT2D eigenvalue weighted by Crippen LogP contribution is 2.36. The normalized spacial score (nSPS) is 14.3. The predicted molar refractivity (Wildman–Crippen MR) is 124 cm³/mol. The molecular formula is C26H24N4. The molecule has 1 aliphatic rings. The van der Waals surface area contributed by atoms with E-state index in [1.165, 1.54) is 16.5 Å². The van der Waals surface area contributed by atoms with E-state index >= 15 is 0 Å².